The third kappa shape index (κ3) is 6.60. The molecule has 0 unspecified atom stereocenters. The fourth-order valence-corrected chi connectivity index (χ4v) is 1.99. The molecular weight excluding hydrogens is 348 g/mol. The standard InChI is InChI=1S/C17H17ClN2O5/c1-3-9-19(10-4-2)16(21)12-25-17(22)8-6-13-5-7-14(18)15(11-13)20(23)24/h3-8,11H,1-2,9-10,12H2/b8-6+. The highest BCUT2D eigenvalue weighted by Gasteiger charge is 2.13. The molecule has 132 valence electrons. The zero-order chi connectivity index (χ0) is 18.8. The summed E-state index contributed by atoms with van der Waals surface area (Å²) in [6.45, 7) is 7.29. The molecule has 1 aromatic rings. The van der Waals surface area contributed by atoms with E-state index in [0.717, 1.165) is 6.08 Å². The quantitative estimate of drug-likeness (QED) is 0.221. The van der Waals surface area contributed by atoms with Crippen LogP contribution in [0.3, 0.4) is 0 Å². The number of esters is 1. The van der Waals surface area contributed by atoms with E-state index in [1.165, 1.54) is 29.2 Å². The molecule has 0 spiro atoms. The lowest BCUT2D eigenvalue weighted by atomic mass is 10.2. The van der Waals surface area contributed by atoms with Crippen molar-refractivity contribution in [3.05, 3.63) is 70.3 Å². The molecule has 25 heavy (non-hydrogen) atoms. The molecule has 0 aromatic heterocycles. The first kappa shape index (κ1) is 20.1. The molecule has 0 fully saturated rings. The monoisotopic (exact) mass is 364 g/mol. The lowest BCUT2D eigenvalue weighted by Gasteiger charge is -2.18. The Morgan fingerprint density at radius 3 is 2.48 bits per heavy atom. The molecule has 0 aliphatic carbocycles. The van der Waals surface area contributed by atoms with Gasteiger partial charge in [-0.2, -0.15) is 0 Å². The van der Waals surface area contributed by atoms with Crippen LogP contribution in [-0.2, 0) is 14.3 Å². The first-order valence-corrected chi connectivity index (χ1v) is 7.55. The molecule has 0 saturated heterocycles. The van der Waals surface area contributed by atoms with Gasteiger partial charge in [0.2, 0.25) is 0 Å². The number of benzene rings is 1. The van der Waals surface area contributed by atoms with Gasteiger partial charge in [0.15, 0.2) is 6.61 Å². The normalized spacial score (nSPS) is 10.3. The molecule has 0 saturated carbocycles. The Labute approximate surface area is 150 Å². The molecular formula is C17H17ClN2O5. The second-order valence-corrected chi connectivity index (χ2v) is 5.19. The van der Waals surface area contributed by atoms with Crippen molar-refractivity contribution in [2.24, 2.45) is 0 Å². The third-order valence-electron chi connectivity index (χ3n) is 2.97. The highest BCUT2D eigenvalue weighted by atomic mass is 35.5. The van der Waals surface area contributed by atoms with Crippen LogP contribution >= 0.6 is 11.6 Å². The summed E-state index contributed by atoms with van der Waals surface area (Å²) in [6.07, 6.45) is 5.51. The SMILES string of the molecule is C=CCN(CC=C)C(=O)COC(=O)/C=C/c1ccc(Cl)c([N+](=O)[O-])c1. The van der Waals surface area contributed by atoms with E-state index < -0.39 is 17.5 Å². The van der Waals surface area contributed by atoms with Crippen LogP contribution in [0.25, 0.3) is 6.08 Å². The van der Waals surface area contributed by atoms with Gasteiger partial charge in [-0.05, 0) is 17.7 Å². The number of nitrogens with zero attached hydrogens (tertiary/aromatic N) is 2. The van der Waals surface area contributed by atoms with Crippen molar-refractivity contribution in [3.8, 4) is 0 Å². The number of ether oxygens (including phenoxy) is 1. The van der Waals surface area contributed by atoms with E-state index in [2.05, 4.69) is 13.2 Å². The number of carbonyl (C=O) groups excluding carboxylic acids is 2. The molecule has 0 aliphatic heterocycles. The van der Waals surface area contributed by atoms with Crippen LogP contribution in [0.15, 0.2) is 49.6 Å². The van der Waals surface area contributed by atoms with Crippen LogP contribution < -0.4 is 0 Å². The van der Waals surface area contributed by atoms with E-state index in [1.807, 2.05) is 0 Å². The number of nitro groups is 1. The predicted molar refractivity (Wildman–Crippen MR) is 95.1 cm³/mol. The molecule has 1 rings (SSSR count). The van der Waals surface area contributed by atoms with Gasteiger partial charge in [0, 0.05) is 25.2 Å². The molecule has 0 heterocycles. The van der Waals surface area contributed by atoms with E-state index >= 15 is 0 Å². The van der Waals surface area contributed by atoms with Crippen LogP contribution in [0.5, 0.6) is 0 Å². The van der Waals surface area contributed by atoms with Gasteiger partial charge >= 0.3 is 5.97 Å². The number of amides is 1. The Morgan fingerprint density at radius 1 is 1.28 bits per heavy atom. The summed E-state index contributed by atoms with van der Waals surface area (Å²) < 4.78 is 4.86. The second kappa shape index (κ2) is 10.0. The van der Waals surface area contributed by atoms with Crippen molar-refractivity contribution in [1.29, 1.82) is 0 Å². The molecule has 0 aliphatic rings. The Balaban J connectivity index is 2.64. The van der Waals surface area contributed by atoms with E-state index in [1.54, 1.807) is 12.2 Å². The topological polar surface area (TPSA) is 89.8 Å². The van der Waals surface area contributed by atoms with E-state index in [0.29, 0.717) is 18.7 Å². The highest BCUT2D eigenvalue weighted by molar-refractivity contribution is 6.32. The number of nitro benzene ring substituents is 1. The maximum absolute atomic E-state index is 11.9. The number of hydrogen-bond donors (Lipinski definition) is 0. The zero-order valence-electron chi connectivity index (χ0n) is 13.4. The van der Waals surface area contributed by atoms with Crippen LogP contribution in [-0.4, -0.2) is 41.4 Å². The van der Waals surface area contributed by atoms with Crippen LogP contribution in [0.4, 0.5) is 5.69 Å². The first-order chi connectivity index (χ1) is 11.9. The molecule has 0 atom stereocenters. The Hall–Kier alpha value is -2.93. The molecule has 0 bridgehead atoms. The lowest BCUT2D eigenvalue weighted by molar-refractivity contribution is -0.384. The lowest BCUT2D eigenvalue weighted by Crippen LogP contribution is -2.34. The summed E-state index contributed by atoms with van der Waals surface area (Å²) in [4.78, 5) is 35.2. The summed E-state index contributed by atoms with van der Waals surface area (Å²) in [7, 11) is 0. The summed E-state index contributed by atoms with van der Waals surface area (Å²) in [5, 5.41) is 10.8. The Bertz CT molecular complexity index is 705. The largest absolute Gasteiger partial charge is 0.452 e. The molecule has 0 radical (unpaired) electrons. The van der Waals surface area contributed by atoms with Crippen molar-refractivity contribution in [2.45, 2.75) is 0 Å². The first-order valence-electron chi connectivity index (χ1n) is 7.17. The Morgan fingerprint density at radius 2 is 1.92 bits per heavy atom. The van der Waals surface area contributed by atoms with E-state index in [-0.39, 0.29) is 16.6 Å². The second-order valence-electron chi connectivity index (χ2n) is 4.79. The van der Waals surface area contributed by atoms with E-state index in [4.69, 9.17) is 16.3 Å². The van der Waals surface area contributed by atoms with Crippen molar-refractivity contribution in [2.75, 3.05) is 19.7 Å². The number of halogens is 1. The van der Waals surface area contributed by atoms with Crippen LogP contribution in [0.2, 0.25) is 5.02 Å². The van der Waals surface area contributed by atoms with Gasteiger partial charge in [-0.25, -0.2) is 4.79 Å². The smallest absolute Gasteiger partial charge is 0.331 e. The molecule has 1 amide bonds. The summed E-state index contributed by atoms with van der Waals surface area (Å²) in [5.74, 6) is -1.13. The van der Waals surface area contributed by atoms with Gasteiger partial charge in [0.05, 0.1) is 4.92 Å². The maximum atomic E-state index is 11.9. The fraction of sp³-hybridized carbons (Fsp3) is 0.176. The molecule has 1 aromatic carbocycles. The Kier molecular flexibility index (Phi) is 8.08. The minimum Gasteiger partial charge on any atom is -0.452 e. The molecule has 0 N–H and O–H groups in total. The van der Waals surface area contributed by atoms with E-state index in [9.17, 15) is 19.7 Å². The van der Waals surface area contributed by atoms with Gasteiger partial charge in [-0.1, -0.05) is 29.8 Å². The molecule has 8 heteroatoms. The van der Waals surface area contributed by atoms with Crippen LogP contribution in [0, 0.1) is 10.1 Å². The number of hydrogen-bond acceptors (Lipinski definition) is 5. The zero-order valence-corrected chi connectivity index (χ0v) is 14.1. The van der Waals surface area contributed by atoms with Gasteiger partial charge in [0.1, 0.15) is 5.02 Å². The third-order valence-corrected chi connectivity index (χ3v) is 3.29. The van der Waals surface area contributed by atoms with Gasteiger partial charge in [-0.3, -0.25) is 14.9 Å². The number of rotatable bonds is 9. The van der Waals surface area contributed by atoms with Crippen molar-refractivity contribution < 1.29 is 19.2 Å². The summed E-state index contributed by atoms with van der Waals surface area (Å²) in [5.41, 5.74) is 0.135. The summed E-state index contributed by atoms with van der Waals surface area (Å²) in [6, 6.07) is 4.10. The highest BCUT2D eigenvalue weighted by Crippen LogP contribution is 2.25. The van der Waals surface area contributed by atoms with Gasteiger partial charge < -0.3 is 9.64 Å². The van der Waals surface area contributed by atoms with Crippen molar-refractivity contribution >= 4 is 35.2 Å². The minimum atomic E-state index is -0.747. The average molecular weight is 365 g/mol. The van der Waals surface area contributed by atoms with Gasteiger partial charge in [-0.15, -0.1) is 13.2 Å². The van der Waals surface area contributed by atoms with Crippen LogP contribution in [0.1, 0.15) is 5.56 Å². The summed E-state index contributed by atoms with van der Waals surface area (Å²) >= 11 is 5.71. The minimum absolute atomic E-state index is 0.000137. The fourth-order valence-electron chi connectivity index (χ4n) is 1.80. The number of carbonyl (C=O) groups is 2. The maximum Gasteiger partial charge on any atom is 0.331 e. The van der Waals surface area contributed by atoms with Crippen molar-refractivity contribution in [3.63, 3.8) is 0 Å². The molecule has 7 nitrogen and oxygen atoms in total. The van der Waals surface area contributed by atoms with Crippen molar-refractivity contribution in [1.82, 2.24) is 4.90 Å². The average Bonchev–Trinajstić information content (AvgIpc) is 2.58. The van der Waals surface area contributed by atoms with Gasteiger partial charge in [0.25, 0.3) is 11.6 Å². The predicted octanol–water partition coefficient (Wildman–Crippen LogP) is 3.01.